The van der Waals surface area contributed by atoms with E-state index in [1.165, 1.54) is 6.42 Å². The number of hydrogen-bond donors (Lipinski definition) is 0. The van der Waals surface area contributed by atoms with Crippen LogP contribution in [0.25, 0.3) is 0 Å². The van der Waals surface area contributed by atoms with Crippen LogP contribution in [0.2, 0.25) is 0 Å². The van der Waals surface area contributed by atoms with E-state index in [0.29, 0.717) is 0 Å². The Kier molecular flexibility index (Phi) is 1.74. The van der Waals surface area contributed by atoms with Crippen molar-refractivity contribution in [3.8, 4) is 0 Å². The van der Waals surface area contributed by atoms with Gasteiger partial charge >= 0.3 is 0 Å². The van der Waals surface area contributed by atoms with Crippen LogP contribution in [0.15, 0.2) is 0 Å². The molecular formula is C6H10Cl2. The molecule has 1 aliphatic carbocycles. The lowest BCUT2D eigenvalue weighted by Crippen LogP contribution is -2.04. The number of rotatable bonds is 0. The van der Waals surface area contributed by atoms with Crippen molar-refractivity contribution in [2.24, 2.45) is 5.92 Å². The van der Waals surface area contributed by atoms with Crippen molar-refractivity contribution in [2.75, 3.05) is 0 Å². The predicted molar refractivity (Wildman–Crippen MR) is 37.5 cm³/mol. The third kappa shape index (κ3) is 1.53. The first-order chi connectivity index (χ1) is 3.60. The largest absolute Gasteiger partial charge is 0.118 e. The first-order valence-electron chi connectivity index (χ1n) is 2.98. The quantitative estimate of drug-likeness (QED) is 0.469. The molecule has 2 heteroatoms. The third-order valence-electron chi connectivity index (χ3n) is 1.65. The fraction of sp³-hybridized carbons (Fsp3) is 1.00. The minimum Gasteiger partial charge on any atom is -0.102 e. The van der Waals surface area contributed by atoms with Crippen LogP contribution in [0.3, 0.4) is 0 Å². The highest BCUT2D eigenvalue weighted by Gasteiger charge is 2.32. The summed E-state index contributed by atoms with van der Waals surface area (Å²) >= 11 is 11.7. The molecule has 0 radical (unpaired) electrons. The van der Waals surface area contributed by atoms with Crippen molar-refractivity contribution >= 4 is 23.2 Å². The fourth-order valence-corrected chi connectivity index (χ4v) is 1.92. The van der Waals surface area contributed by atoms with Gasteiger partial charge in [0.15, 0.2) is 0 Å². The molecule has 0 heterocycles. The number of hydrogen-bond acceptors (Lipinski definition) is 0. The summed E-state index contributed by atoms with van der Waals surface area (Å²) in [5.41, 5.74) is 0. The zero-order chi connectivity index (χ0) is 6.20. The normalized spacial score (nSPS) is 35.6. The maximum absolute atomic E-state index is 5.83. The van der Waals surface area contributed by atoms with Crippen LogP contribution in [0.4, 0.5) is 0 Å². The summed E-state index contributed by atoms with van der Waals surface area (Å²) in [4.78, 5) is 0. The van der Waals surface area contributed by atoms with Crippen molar-refractivity contribution in [2.45, 2.75) is 30.5 Å². The molecule has 0 aromatic carbocycles. The molecule has 0 N–H and O–H groups in total. The van der Waals surface area contributed by atoms with E-state index in [2.05, 4.69) is 6.92 Å². The van der Waals surface area contributed by atoms with E-state index in [4.69, 9.17) is 23.2 Å². The van der Waals surface area contributed by atoms with Gasteiger partial charge in [-0.15, -0.1) is 23.2 Å². The SMILES string of the molecule is C[C@@H]1CCC(Cl)(Cl)C1. The Bertz CT molecular complexity index is 88.5. The Morgan fingerprint density at radius 3 is 2.25 bits per heavy atom. The van der Waals surface area contributed by atoms with Gasteiger partial charge in [0.05, 0.1) is 0 Å². The molecule has 0 aromatic heterocycles. The Morgan fingerprint density at radius 1 is 1.50 bits per heavy atom. The average Bonchev–Trinajstić information content (AvgIpc) is 1.82. The monoisotopic (exact) mass is 152 g/mol. The van der Waals surface area contributed by atoms with Crippen LogP contribution in [-0.2, 0) is 0 Å². The first kappa shape index (κ1) is 6.70. The fourth-order valence-electron chi connectivity index (χ4n) is 1.17. The van der Waals surface area contributed by atoms with E-state index < -0.39 is 0 Å². The minimum atomic E-state index is -0.389. The molecule has 1 saturated carbocycles. The molecule has 0 spiro atoms. The topological polar surface area (TPSA) is 0 Å². The van der Waals surface area contributed by atoms with Crippen LogP contribution in [-0.4, -0.2) is 4.33 Å². The summed E-state index contributed by atoms with van der Waals surface area (Å²) in [6.07, 6.45) is 3.13. The molecular weight excluding hydrogens is 143 g/mol. The smallest absolute Gasteiger partial charge is 0.102 e. The van der Waals surface area contributed by atoms with Crippen LogP contribution in [0.5, 0.6) is 0 Å². The molecule has 0 aliphatic heterocycles. The molecule has 0 aromatic rings. The Labute approximate surface area is 60.2 Å². The van der Waals surface area contributed by atoms with Crippen molar-refractivity contribution in [3.05, 3.63) is 0 Å². The molecule has 0 saturated heterocycles. The van der Waals surface area contributed by atoms with E-state index in [1.807, 2.05) is 0 Å². The van der Waals surface area contributed by atoms with Crippen LogP contribution >= 0.6 is 23.2 Å². The second-order valence-corrected chi connectivity index (χ2v) is 4.34. The second kappa shape index (κ2) is 2.07. The maximum atomic E-state index is 5.83. The van der Waals surface area contributed by atoms with Crippen LogP contribution < -0.4 is 0 Å². The summed E-state index contributed by atoms with van der Waals surface area (Å²) < 4.78 is -0.389. The molecule has 1 aliphatic rings. The Balaban J connectivity index is 2.44. The molecule has 0 amide bonds. The van der Waals surface area contributed by atoms with Crippen molar-refractivity contribution < 1.29 is 0 Å². The number of alkyl halides is 2. The van der Waals surface area contributed by atoms with Crippen molar-refractivity contribution in [1.82, 2.24) is 0 Å². The predicted octanol–water partition coefficient (Wildman–Crippen LogP) is 2.98. The Hall–Kier alpha value is 0.580. The summed E-state index contributed by atoms with van der Waals surface area (Å²) in [6, 6.07) is 0. The van der Waals surface area contributed by atoms with E-state index in [9.17, 15) is 0 Å². The van der Waals surface area contributed by atoms with E-state index in [1.54, 1.807) is 0 Å². The van der Waals surface area contributed by atoms with Gasteiger partial charge in [-0.1, -0.05) is 6.92 Å². The number of halogens is 2. The lowest BCUT2D eigenvalue weighted by atomic mass is 10.1. The van der Waals surface area contributed by atoms with Crippen LogP contribution in [0, 0.1) is 5.92 Å². The molecule has 1 atom stereocenters. The molecule has 0 nitrogen and oxygen atoms in total. The van der Waals surface area contributed by atoms with Gasteiger partial charge in [0.25, 0.3) is 0 Å². The van der Waals surface area contributed by atoms with E-state index in [0.717, 1.165) is 18.8 Å². The lowest BCUT2D eigenvalue weighted by Gasteiger charge is -2.08. The lowest BCUT2D eigenvalue weighted by molar-refractivity contribution is 0.607. The standard InChI is InChI=1S/C6H10Cl2/c1-5-2-3-6(7,8)4-5/h5H,2-4H2,1H3/t5-/m1/s1. The molecule has 8 heavy (non-hydrogen) atoms. The third-order valence-corrected chi connectivity index (χ3v) is 2.34. The summed E-state index contributed by atoms with van der Waals surface area (Å²) in [6.45, 7) is 2.19. The highest BCUT2D eigenvalue weighted by atomic mass is 35.5. The highest BCUT2D eigenvalue weighted by Crippen LogP contribution is 2.42. The Morgan fingerprint density at radius 2 is 2.12 bits per heavy atom. The molecule has 1 fully saturated rings. The van der Waals surface area contributed by atoms with Gasteiger partial charge in [-0.25, -0.2) is 0 Å². The minimum absolute atomic E-state index is 0.389. The van der Waals surface area contributed by atoms with Gasteiger partial charge < -0.3 is 0 Å². The summed E-state index contributed by atoms with van der Waals surface area (Å²) in [5, 5.41) is 0. The van der Waals surface area contributed by atoms with Gasteiger partial charge in [-0.3, -0.25) is 0 Å². The zero-order valence-corrected chi connectivity index (χ0v) is 6.47. The molecule has 0 bridgehead atoms. The highest BCUT2D eigenvalue weighted by molar-refractivity contribution is 6.48. The molecule has 0 unspecified atom stereocenters. The average molecular weight is 153 g/mol. The molecule has 48 valence electrons. The second-order valence-electron chi connectivity index (χ2n) is 2.70. The van der Waals surface area contributed by atoms with Gasteiger partial charge in [0.2, 0.25) is 0 Å². The van der Waals surface area contributed by atoms with Crippen LogP contribution in [0.1, 0.15) is 26.2 Å². The zero-order valence-electron chi connectivity index (χ0n) is 4.95. The first-order valence-corrected chi connectivity index (χ1v) is 3.73. The van der Waals surface area contributed by atoms with E-state index in [-0.39, 0.29) is 4.33 Å². The summed E-state index contributed by atoms with van der Waals surface area (Å²) in [7, 11) is 0. The van der Waals surface area contributed by atoms with Crippen molar-refractivity contribution in [1.29, 1.82) is 0 Å². The van der Waals surface area contributed by atoms with Gasteiger partial charge in [-0.2, -0.15) is 0 Å². The van der Waals surface area contributed by atoms with Crippen molar-refractivity contribution in [3.63, 3.8) is 0 Å². The summed E-state index contributed by atoms with van der Waals surface area (Å²) in [5.74, 6) is 0.727. The van der Waals surface area contributed by atoms with Gasteiger partial charge in [-0.05, 0) is 25.2 Å². The maximum Gasteiger partial charge on any atom is 0.118 e. The van der Waals surface area contributed by atoms with Gasteiger partial charge in [0, 0.05) is 0 Å². The van der Waals surface area contributed by atoms with E-state index >= 15 is 0 Å². The molecule has 1 rings (SSSR count). The van der Waals surface area contributed by atoms with Gasteiger partial charge in [0.1, 0.15) is 4.33 Å².